The Morgan fingerprint density at radius 3 is 2.52 bits per heavy atom. The van der Waals surface area contributed by atoms with Crippen molar-refractivity contribution in [2.75, 3.05) is 0 Å². The Balaban J connectivity index is 2.33. The van der Waals surface area contributed by atoms with Crippen LogP contribution in [-0.4, -0.2) is 16.0 Å². The van der Waals surface area contributed by atoms with Gasteiger partial charge in [-0.25, -0.2) is 4.39 Å². The molecule has 2 rings (SSSR count). The molecule has 3 N–H and O–H groups in total. The molecule has 0 aliphatic heterocycles. The Morgan fingerprint density at radius 2 is 1.95 bits per heavy atom. The molecule has 0 fully saturated rings. The number of nitrogens with zero attached hydrogens (tertiary/aromatic N) is 2. The number of non-ortho nitro benzene ring substituents is 1. The highest BCUT2D eigenvalue weighted by Crippen LogP contribution is 2.31. The summed E-state index contributed by atoms with van der Waals surface area (Å²) < 4.78 is 13.2. The van der Waals surface area contributed by atoms with E-state index in [1.807, 2.05) is 0 Å². The zero-order chi connectivity index (χ0) is 15.4. The second-order valence-electron chi connectivity index (χ2n) is 3.98. The number of oxime groups is 1. The van der Waals surface area contributed by atoms with E-state index >= 15 is 0 Å². The molecule has 0 spiro atoms. The van der Waals surface area contributed by atoms with Gasteiger partial charge in [0.25, 0.3) is 5.69 Å². The predicted octanol–water partition coefficient (Wildman–Crippen LogP) is 2.98. The topological polar surface area (TPSA) is 102 Å². The minimum Gasteiger partial charge on any atom is -0.409 e. The first-order valence-corrected chi connectivity index (χ1v) is 6.52. The van der Waals surface area contributed by atoms with Crippen LogP contribution in [0.3, 0.4) is 0 Å². The van der Waals surface area contributed by atoms with Gasteiger partial charge in [-0.05, 0) is 30.3 Å². The van der Waals surface area contributed by atoms with E-state index in [2.05, 4.69) is 5.16 Å². The van der Waals surface area contributed by atoms with Crippen molar-refractivity contribution < 1.29 is 14.5 Å². The van der Waals surface area contributed by atoms with Gasteiger partial charge in [0, 0.05) is 27.5 Å². The van der Waals surface area contributed by atoms with E-state index in [9.17, 15) is 14.5 Å². The van der Waals surface area contributed by atoms with Gasteiger partial charge in [-0.3, -0.25) is 10.1 Å². The average molecular weight is 307 g/mol. The molecule has 0 saturated carbocycles. The highest BCUT2D eigenvalue weighted by molar-refractivity contribution is 7.99. The molecule has 0 unspecified atom stereocenters. The summed E-state index contributed by atoms with van der Waals surface area (Å²) in [7, 11) is 0. The van der Waals surface area contributed by atoms with Gasteiger partial charge in [-0.1, -0.05) is 16.9 Å². The molecule has 8 heteroatoms. The monoisotopic (exact) mass is 307 g/mol. The Kier molecular flexibility index (Phi) is 4.39. The third-order valence-corrected chi connectivity index (χ3v) is 3.68. The fourth-order valence-electron chi connectivity index (χ4n) is 1.61. The lowest BCUT2D eigenvalue weighted by atomic mass is 10.2. The number of amidine groups is 1. The van der Waals surface area contributed by atoms with Crippen LogP contribution in [0.1, 0.15) is 5.56 Å². The van der Waals surface area contributed by atoms with E-state index in [0.717, 1.165) is 6.07 Å². The van der Waals surface area contributed by atoms with E-state index in [-0.39, 0.29) is 17.1 Å². The maximum absolute atomic E-state index is 13.2. The molecule has 0 aromatic heterocycles. The first-order chi connectivity index (χ1) is 10.0. The molecule has 0 radical (unpaired) electrons. The lowest BCUT2D eigenvalue weighted by Gasteiger charge is -2.08. The molecular weight excluding hydrogens is 297 g/mol. The number of benzene rings is 2. The minimum absolute atomic E-state index is 0.0184. The van der Waals surface area contributed by atoms with Gasteiger partial charge in [0.1, 0.15) is 5.82 Å². The summed E-state index contributed by atoms with van der Waals surface area (Å²) in [4.78, 5) is 11.4. The molecule has 108 valence electrons. The van der Waals surface area contributed by atoms with E-state index in [1.54, 1.807) is 12.1 Å². The average Bonchev–Trinajstić information content (AvgIpc) is 2.48. The van der Waals surface area contributed by atoms with Crippen LogP contribution in [0.4, 0.5) is 10.1 Å². The maximum atomic E-state index is 13.2. The second kappa shape index (κ2) is 6.23. The summed E-state index contributed by atoms with van der Waals surface area (Å²) >= 11 is 1.23. The first kappa shape index (κ1) is 14.8. The predicted molar refractivity (Wildman–Crippen MR) is 76.1 cm³/mol. The van der Waals surface area contributed by atoms with E-state index in [0.29, 0.717) is 9.79 Å². The fraction of sp³-hybridized carbons (Fsp3) is 0. The van der Waals surface area contributed by atoms with Gasteiger partial charge in [0.2, 0.25) is 0 Å². The van der Waals surface area contributed by atoms with E-state index in [1.165, 1.54) is 36.0 Å². The van der Waals surface area contributed by atoms with Crippen LogP contribution in [0, 0.1) is 15.9 Å². The van der Waals surface area contributed by atoms with Gasteiger partial charge in [-0.2, -0.15) is 0 Å². The first-order valence-electron chi connectivity index (χ1n) is 5.71. The summed E-state index contributed by atoms with van der Waals surface area (Å²) in [6.07, 6.45) is 0. The molecule has 2 aromatic carbocycles. The summed E-state index contributed by atoms with van der Waals surface area (Å²) in [6, 6.07) is 9.79. The number of halogens is 1. The summed E-state index contributed by atoms with van der Waals surface area (Å²) in [6.45, 7) is 0. The van der Waals surface area contributed by atoms with Crippen molar-refractivity contribution in [2.24, 2.45) is 10.9 Å². The van der Waals surface area contributed by atoms with Crippen molar-refractivity contribution in [1.82, 2.24) is 0 Å². The number of hydrogen-bond donors (Lipinski definition) is 2. The van der Waals surface area contributed by atoms with Crippen LogP contribution in [0.2, 0.25) is 0 Å². The highest BCUT2D eigenvalue weighted by atomic mass is 32.2. The third kappa shape index (κ3) is 3.48. The zero-order valence-electron chi connectivity index (χ0n) is 10.6. The number of hydrogen-bond acceptors (Lipinski definition) is 5. The van der Waals surface area contributed by atoms with E-state index in [4.69, 9.17) is 10.9 Å². The fourth-order valence-corrected chi connectivity index (χ4v) is 2.54. The van der Waals surface area contributed by atoms with Crippen LogP contribution in [0.15, 0.2) is 57.4 Å². The molecule has 6 nitrogen and oxygen atoms in total. The van der Waals surface area contributed by atoms with Crippen LogP contribution in [0.5, 0.6) is 0 Å². The van der Waals surface area contributed by atoms with Gasteiger partial charge < -0.3 is 10.9 Å². The smallest absolute Gasteiger partial charge is 0.269 e. The second-order valence-corrected chi connectivity index (χ2v) is 5.09. The van der Waals surface area contributed by atoms with Crippen molar-refractivity contribution in [2.45, 2.75) is 9.79 Å². The lowest BCUT2D eigenvalue weighted by molar-refractivity contribution is -0.384. The number of nitrogens with two attached hydrogens (primary N) is 1. The summed E-state index contributed by atoms with van der Waals surface area (Å²) in [5, 5.41) is 22.2. The molecule has 0 aliphatic rings. The van der Waals surface area contributed by atoms with Crippen molar-refractivity contribution in [3.05, 3.63) is 64.0 Å². The van der Waals surface area contributed by atoms with Crippen LogP contribution < -0.4 is 5.73 Å². The SMILES string of the molecule is NC(=NO)c1cc(F)ccc1Sc1ccc([N+](=O)[O-])cc1. The molecule has 0 amide bonds. The molecular formula is C13H10FN3O3S. The maximum Gasteiger partial charge on any atom is 0.269 e. The number of nitro groups is 1. The van der Waals surface area contributed by atoms with Gasteiger partial charge in [0.05, 0.1) is 4.92 Å². The summed E-state index contributed by atoms with van der Waals surface area (Å²) in [5.74, 6) is -0.719. The molecule has 21 heavy (non-hydrogen) atoms. The number of rotatable bonds is 4. The standard InChI is InChI=1S/C13H10FN3O3S/c14-8-1-6-12(11(7-8)13(15)16-18)21-10-4-2-9(3-5-10)17(19)20/h1-7,18H,(H2,15,16). The van der Waals surface area contributed by atoms with Gasteiger partial charge in [-0.15, -0.1) is 0 Å². The summed E-state index contributed by atoms with van der Waals surface area (Å²) in [5.41, 5.74) is 5.74. The third-order valence-electron chi connectivity index (χ3n) is 2.60. The van der Waals surface area contributed by atoms with Crippen LogP contribution in [0.25, 0.3) is 0 Å². The van der Waals surface area contributed by atoms with Crippen molar-refractivity contribution in [1.29, 1.82) is 0 Å². The molecule has 0 heterocycles. The molecule has 0 bridgehead atoms. The Hall–Kier alpha value is -2.61. The van der Waals surface area contributed by atoms with Gasteiger partial charge in [0.15, 0.2) is 5.84 Å². The minimum atomic E-state index is -0.510. The largest absolute Gasteiger partial charge is 0.409 e. The van der Waals surface area contributed by atoms with Crippen molar-refractivity contribution in [3.8, 4) is 0 Å². The van der Waals surface area contributed by atoms with Crippen molar-refractivity contribution in [3.63, 3.8) is 0 Å². The van der Waals surface area contributed by atoms with E-state index < -0.39 is 10.7 Å². The lowest BCUT2D eigenvalue weighted by Crippen LogP contribution is -2.14. The molecule has 2 aromatic rings. The zero-order valence-corrected chi connectivity index (χ0v) is 11.4. The molecule has 0 saturated heterocycles. The number of nitro benzene ring substituents is 1. The van der Waals surface area contributed by atoms with Crippen molar-refractivity contribution >= 4 is 23.3 Å². The van der Waals surface area contributed by atoms with Crippen LogP contribution >= 0.6 is 11.8 Å². The Labute approximate surface area is 123 Å². The normalized spacial score (nSPS) is 11.4. The molecule has 0 aliphatic carbocycles. The Morgan fingerprint density at radius 1 is 1.29 bits per heavy atom. The van der Waals surface area contributed by atoms with Crippen LogP contribution in [-0.2, 0) is 0 Å². The Bertz CT molecular complexity index is 704. The highest BCUT2D eigenvalue weighted by Gasteiger charge is 2.11. The van der Waals surface area contributed by atoms with Gasteiger partial charge >= 0.3 is 0 Å². The molecule has 0 atom stereocenters. The quantitative estimate of drug-likeness (QED) is 0.297.